The van der Waals surface area contributed by atoms with Crippen molar-refractivity contribution in [2.24, 2.45) is 5.92 Å². The zero-order valence-electron chi connectivity index (χ0n) is 19.3. The highest BCUT2D eigenvalue weighted by Gasteiger charge is 2.36. The van der Waals surface area contributed by atoms with Gasteiger partial charge in [-0.05, 0) is 46.1 Å². The number of carbonyl (C=O) groups excluding carboxylic acids is 2. The molecule has 168 valence electrons. The molecule has 0 amide bonds. The predicted molar refractivity (Wildman–Crippen MR) is 125 cm³/mol. The van der Waals surface area contributed by atoms with Gasteiger partial charge in [-0.25, -0.2) is 0 Å². The van der Waals surface area contributed by atoms with Gasteiger partial charge in [-0.1, -0.05) is 37.8 Å². The number of fused-ring (bicyclic) bond motifs is 1. The maximum Gasteiger partial charge on any atom is 0.192 e. The van der Waals surface area contributed by atoms with E-state index in [9.17, 15) is 14.4 Å². The van der Waals surface area contributed by atoms with E-state index in [1.54, 1.807) is 19.1 Å². The molecule has 1 aliphatic carbocycles. The van der Waals surface area contributed by atoms with Gasteiger partial charge in [-0.2, -0.15) is 0 Å². The van der Waals surface area contributed by atoms with E-state index in [0.29, 0.717) is 45.8 Å². The van der Waals surface area contributed by atoms with E-state index < -0.39 is 5.92 Å². The molecule has 1 fully saturated rings. The summed E-state index contributed by atoms with van der Waals surface area (Å²) in [5.74, 6) is 0.519. The van der Waals surface area contributed by atoms with Gasteiger partial charge in [0.15, 0.2) is 17.0 Å². The van der Waals surface area contributed by atoms with Crippen LogP contribution >= 0.6 is 0 Å². The lowest BCUT2D eigenvalue weighted by molar-refractivity contribution is -0.116. The first-order chi connectivity index (χ1) is 15.3. The second kappa shape index (κ2) is 8.89. The number of nitrogens with one attached hydrogen (secondary N) is 1. The lowest BCUT2D eigenvalue weighted by atomic mass is 9.76. The van der Waals surface area contributed by atoms with E-state index in [2.05, 4.69) is 5.32 Å². The van der Waals surface area contributed by atoms with Crippen LogP contribution in [0.4, 0.5) is 0 Å². The molecule has 32 heavy (non-hydrogen) atoms. The molecule has 1 saturated carbocycles. The van der Waals surface area contributed by atoms with Crippen LogP contribution in [0.15, 0.2) is 56.0 Å². The van der Waals surface area contributed by atoms with Crippen LogP contribution in [-0.4, -0.2) is 11.6 Å². The van der Waals surface area contributed by atoms with Gasteiger partial charge in [0.1, 0.15) is 11.3 Å². The summed E-state index contributed by atoms with van der Waals surface area (Å²) in [6.45, 7) is 7.02. The third kappa shape index (κ3) is 4.08. The zero-order valence-corrected chi connectivity index (χ0v) is 19.3. The van der Waals surface area contributed by atoms with Gasteiger partial charge in [0, 0.05) is 46.5 Å². The quantitative estimate of drug-likeness (QED) is 0.654. The number of hydrogen-bond donors (Lipinski definition) is 1. The highest BCUT2D eigenvalue weighted by Crippen LogP contribution is 2.42. The van der Waals surface area contributed by atoms with Crippen molar-refractivity contribution in [3.8, 4) is 0 Å². The van der Waals surface area contributed by atoms with Crippen LogP contribution in [0.25, 0.3) is 11.0 Å². The Morgan fingerprint density at radius 2 is 1.75 bits per heavy atom. The summed E-state index contributed by atoms with van der Waals surface area (Å²) >= 11 is 0. The molecule has 1 atom stereocenters. The zero-order chi connectivity index (χ0) is 23.0. The van der Waals surface area contributed by atoms with Crippen molar-refractivity contribution >= 4 is 22.5 Å². The Morgan fingerprint density at radius 1 is 1.06 bits per heavy atom. The standard InChI is InChI=1S/C27H31NO4/c1-15-14-23(31)20-10-7-11-21(27(20)32-15)26-24(18(4)29)16(2)28-17(3)25(26)22(30)13-12-19-8-5-6-9-19/h7,10-11,14,19,26,28H,5-6,8-9,12-13H2,1-4H3. The van der Waals surface area contributed by atoms with Crippen LogP contribution in [-0.2, 0) is 9.59 Å². The number of Topliss-reactive ketones (excluding diaryl/α,β-unsaturated/α-hetero) is 2. The fraction of sp³-hybridized carbons (Fsp3) is 0.444. The summed E-state index contributed by atoms with van der Waals surface area (Å²) in [6, 6.07) is 6.87. The van der Waals surface area contributed by atoms with E-state index in [0.717, 1.165) is 17.8 Å². The van der Waals surface area contributed by atoms with Crippen molar-refractivity contribution in [2.75, 3.05) is 0 Å². The van der Waals surface area contributed by atoms with E-state index >= 15 is 0 Å². The number of aryl methyl sites for hydroxylation is 1. The van der Waals surface area contributed by atoms with Gasteiger partial charge in [0.25, 0.3) is 0 Å². The van der Waals surface area contributed by atoms with Crippen LogP contribution in [0.3, 0.4) is 0 Å². The minimum absolute atomic E-state index is 0.0603. The SMILES string of the molecule is CC(=O)C1=C(C)NC(C)=C(C(=O)CCC2CCCC2)C1c1cccc2c(=O)cc(C)oc12. The molecule has 5 heteroatoms. The largest absolute Gasteiger partial charge is 0.461 e. The predicted octanol–water partition coefficient (Wildman–Crippen LogP) is 5.46. The summed E-state index contributed by atoms with van der Waals surface area (Å²) in [4.78, 5) is 39.0. The maximum absolute atomic E-state index is 13.6. The summed E-state index contributed by atoms with van der Waals surface area (Å²) in [6.07, 6.45) is 6.22. The molecule has 0 bridgehead atoms. The summed E-state index contributed by atoms with van der Waals surface area (Å²) in [5, 5.41) is 3.73. The number of allylic oxidation sites excluding steroid dienone is 4. The van der Waals surface area contributed by atoms with Crippen molar-refractivity contribution < 1.29 is 14.0 Å². The second-order valence-electron chi connectivity index (χ2n) is 9.25. The summed E-state index contributed by atoms with van der Waals surface area (Å²) in [5.41, 5.74) is 3.68. The van der Waals surface area contributed by atoms with Crippen LogP contribution in [0.1, 0.15) is 76.5 Å². The Labute approximate surface area is 188 Å². The van der Waals surface area contributed by atoms with Crippen molar-refractivity contribution in [3.63, 3.8) is 0 Å². The minimum Gasteiger partial charge on any atom is -0.461 e. The topological polar surface area (TPSA) is 76.4 Å². The van der Waals surface area contributed by atoms with Crippen molar-refractivity contribution in [1.82, 2.24) is 5.32 Å². The normalized spacial score (nSPS) is 19.6. The molecular formula is C27H31NO4. The first-order valence-corrected chi connectivity index (χ1v) is 11.5. The fourth-order valence-electron chi connectivity index (χ4n) is 5.45. The molecule has 0 radical (unpaired) electrons. The Morgan fingerprint density at radius 3 is 2.44 bits per heavy atom. The Balaban J connectivity index is 1.85. The molecule has 1 aliphatic heterocycles. The number of rotatable bonds is 6. The number of ketones is 2. The van der Waals surface area contributed by atoms with E-state index in [1.165, 1.54) is 38.7 Å². The van der Waals surface area contributed by atoms with E-state index in [4.69, 9.17) is 4.42 Å². The van der Waals surface area contributed by atoms with Gasteiger partial charge in [0.05, 0.1) is 5.39 Å². The average molecular weight is 434 g/mol. The molecule has 1 aromatic carbocycles. The Kier molecular flexibility index (Phi) is 6.18. The molecular weight excluding hydrogens is 402 g/mol. The Bertz CT molecular complexity index is 1210. The summed E-state index contributed by atoms with van der Waals surface area (Å²) < 4.78 is 6.01. The van der Waals surface area contributed by atoms with Gasteiger partial charge < -0.3 is 9.73 Å². The molecule has 2 aromatic rings. The molecule has 2 aliphatic rings. The molecule has 4 rings (SSSR count). The third-order valence-electron chi connectivity index (χ3n) is 6.91. The van der Waals surface area contributed by atoms with Crippen molar-refractivity contribution in [1.29, 1.82) is 0 Å². The molecule has 0 spiro atoms. The van der Waals surface area contributed by atoms with Crippen LogP contribution < -0.4 is 10.7 Å². The molecule has 0 saturated heterocycles. The summed E-state index contributed by atoms with van der Waals surface area (Å²) in [7, 11) is 0. The average Bonchev–Trinajstić information content (AvgIpc) is 3.24. The van der Waals surface area contributed by atoms with Crippen LogP contribution in [0, 0.1) is 12.8 Å². The lowest BCUT2D eigenvalue weighted by Crippen LogP contribution is -2.30. The number of benzene rings is 1. The highest BCUT2D eigenvalue weighted by atomic mass is 16.3. The molecule has 1 N–H and O–H groups in total. The number of carbonyl (C=O) groups is 2. The molecule has 2 heterocycles. The van der Waals surface area contributed by atoms with E-state index in [1.807, 2.05) is 19.9 Å². The van der Waals surface area contributed by atoms with Crippen molar-refractivity contribution in [3.05, 3.63) is 68.4 Å². The Hall–Kier alpha value is -2.95. The van der Waals surface area contributed by atoms with Gasteiger partial charge in [0.2, 0.25) is 0 Å². The minimum atomic E-state index is -0.557. The van der Waals surface area contributed by atoms with Gasteiger partial charge in [-0.15, -0.1) is 0 Å². The monoisotopic (exact) mass is 433 g/mol. The van der Waals surface area contributed by atoms with E-state index in [-0.39, 0.29) is 17.0 Å². The molecule has 1 unspecified atom stereocenters. The lowest BCUT2D eigenvalue weighted by Gasteiger charge is -2.31. The smallest absolute Gasteiger partial charge is 0.192 e. The first kappa shape index (κ1) is 22.3. The van der Waals surface area contributed by atoms with Crippen molar-refractivity contribution in [2.45, 2.75) is 72.1 Å². The molecule has 1 aromatic heterocycles. The highest BCUT2D eigenvalue weighted by molar-refractivity contribution is 6.05. The van der Waals surface area contributed by atoms with Gasteiger partial charge >= 0.3 is 0 Å². The van der Waals surface area contributed by atoms with Crippen LogP contribution in [0.5, 0.6) is 0 Å². The third-order valence-corrected chi connectivity index (χ3v) is 6.91. The van der Waals surface area contributed by atoms with Crippen LogP contribution in [0.2, 0.25) is 0 Å². The molecule has 5 nitrogen and oxygen atoms in total. The number of para-hydroxylation sites is 1. The fourth-order valence-corrected chi connectivity index (χ4v) is 5.45. The second-order valence-corrected chi connectivity index (χ2v) is 9.25. The first-order valence-electron chi connectivity index (χ1n) is 11.5. The number of dihydropyridines is 1. The number of hydrogen-bond acceptors (Lipinski definition) is 5. The maximum atomic E-state index is 13.6. The van der Waals surface area contributed by atoms with Gasteiger partial charge in [-0.3, -0.25) is 14.4 Å².